The van der Waals surface area contributed by atoms with Crippen LogP contribution in [0, 0.1) is 23.7 Å². The zero-order chi connectivity index (χ0) is 17.1. The van der Waals surface area contributed by atoms with Crippen molar-refractivity contribution in [2.24, 2.45) is 23.7 Å². The molecule has 1 fully saturated rings. The number of amides is 2. The molecule has 3 N–H and O–H groups in total. The molecule has 4 atom stereocenters. The number of hydrazine groups is 1. The van der Waals surface area contributed by atoms with Crippen LogP contribution in [0.15, 0.2) is 42.5 Å². The van der Waals surface area contributed by atoms with Gasteiger partial charge in [-0.15, -0.1) is 0 Å². The van der Waals surface area contributed by atoms with E-state index in [2.05, 4.69) is 10.9 Å². The fraction of sp³-hybridized carbons (Fsp3) is 0.389. The van der Waals surface area contributed by atoms with Crippen LogP contribution < -0.4 is 10.9 Å². The van der Waals surface area contributed by atoms with Crippen molar-refractivity contribution in [2.45, 2.75) is 19.3 Å². The Kier molecular flexibility index (Phi) is 4.64. The van der Waals surface area contributed by atoms with E-state index in [-0.39, 0.29) is 24.2 Å². The summed E-state index contributed by atoms with van der Waals surface area (Å²) >= 11 is 0. The molecule has 6 heteroatoms. The number of carbonyl (C=O) groups is 3. The number of fused-ring (bicyclic) bond motifs is 2. The maximum Gasteiger partial charge on any atom is 0.307 e. The number of allylic oxidation sites excluding steroid dienone is 2. The fourth-order valence-corrected chi connectivity index (χ4v) is 3.70. The van der Waals surface area contributed by atoms with Gasteiger partial charge in [0.05, 0.1) is 11.8 Å². The van der Waals surface area contributed by atoms with Crippen LogP contribution in [0.4, 0.5) is 0 Å². The predicted molar refractivity (Wildman–Crippen MR) is 86.4 cm³/mol. The Morgan fingerprint density at radius 2 is 1.67 bits per heavy atom. The molecule has 1 saturated carbocycles. The van der Waals surface area contributed by atoms with Gasteiger partial charge in [0.15, 0.2) is 0 Å². The van der Waals surface area contributed by atoms with Gasteiger partial charge >= 0.3 is 5.97 Å². The molecule has 24 heavy (non-hydrogen) atoms. The van der Waals surface area contributed by atoms with Crippen LogP contribution in [0.25, 0.3) is 0 Å². The average molecular weight is 328 g/mol. The Balaban J connectivity index is 1.49. The third-order valence-electron chi connectivity index (χ3n) is 4.86. The lowest BCUT2D eigenvalue weighted by molar-refractivity contribution is -0.148. The number of carboxylic acid groups (broad SMARTS) is 1. The SMILES string of the molecule is O=C(CCc1ccccc1)NNC(=O)[C@H]1[C@@H](C(=O)O)[C@H]2C=C[C@@H]1C2. The first-order chi connectivity index (χ1) is 11.6. The minimum absolute atomic E-state index is 0.0580. The van der Waals surface area contributed by atoms with Crippen molar-refractivity contribution < 1.29 is 19.5 Å². The number of benzene rings is 1. The Morgan fingerprint density at radius 1 is 1.00 bits per heavy atom. The Labute approximate surface area is 139 Å². The average Bonchev–Trinajstić information content (AvgIpc) is 3.20. The Bertz CT molecular complexity index is 671. The quantitative estimate of drug-likeness (QED) is 0.560. The molecule has 2 amide bonds. The van der Waals surface area contributed by atoms with E-state index in [1.54, 1.807) is 0 Å². The highest BCUT2D eigenvalue weighted by atomic mass is 16.4. The molecule has 0 spiro atoms. The number of aliphatic carboxylic acids is 1. The summed E-state index contributed by atoms with van der Waals surface area (Å²) in [5, 5.41) is 9.34. The molecule has 0 radical (unpaired) electrons. The van der Waals surface area contributed by atoms with E-state index >= 15 is 0 Å². The second-order valence-corrected chi connectivity index (χ2v) is 6.36. The van der Waals surface area contributed by atoms with Crippen molar-refractivity contribution in [1.29, 1.82) is 0 Å². The van der Waals surface area contributed by atoms with Gasteiger partial charge in [0, 0.05) is 6.42 Å². The first-order valence-corrected chi connectivity index (χ1v) is 8.10. The van der Waals surface area contributed by atoms with Gasteiger partial charge in [-0.2, -0.15) is 0 Å². The van der Waals surface area contributed by atoms with Crippen molar-refractivity contribution in [1.82, 2.24) is 10.9 Å². The van der Waals surface area contributed by atoms with Crippen LogP contribution in [0.5, 0.6) is 0 Å². The summed E-state index contributed by atoms with van der Waals surface area (Å²) in [6.07, 6.45) is 5.31. The standard InChI is InChI=1S/C18H20N2O4/c21-14(9-6-11-4-2-1-3-5-11)19-20-17(22)15-12-7-8-13(10-12)16(15)18(23)24/h1-5,7-8,12-13,15-16H,6,9-10H2,(H,19,21)(H,20,22)(H,23,24)/t12-,13+,15-,16+/m1/s1. The van der Waals surface area contributed by atoms with Gasteiger partial charge in [0.2, 0.25) is 11.8 Å². The second kappa shape index (κ2) is 6.86. The number of nitrogens with one attached hydrogen (secondary N) is 2. The van der Waals surface area contributed by atoms with E-state index in [4.69, 9.17) is 0 Å². The number of hydrogen-bond acceptors (Lipinski definition) is 3. The Hall–Kier alpha value is -2.63. The molecule has 126 valence electrons. The maximum absolute atomic E-state index is 12.3. The molecule has 2 aliphatic carbocycles. The molecular formula is C18H20N2O4. The first kappa shape index (κ1) is 16.2. The number of aryl methyl sites for hydroxylation is 1. The second-order valence-electron chi connectivity index (χ2n) is 6.36. The third-order valence-corrected chi connectivity index (χ3v) is 4.86. The highest BCUT2D eigenvalue weighted by Gasteiger charge is 2.51. The molecule has 0 aromatic heterocycles. The zero-order valence-electron chi connectivity index (χ0n) is 13.1. The van der Waals surface area contributed by atoms with E-state index in [0.29, 0.717) is 12.8 Å². The van der Waals surface area contributed by atoms with Crippen LogP contribution in [-0.4, -0.2) is 22.9 Å². The maximum atomic E-state index is 12.3. The summed E-state index contributed by atoms with van der Waals surface area (Å²) in [6.45, 7) is 0. The summed E-state index contributed by atoms with van der Waals surface area (Å²) in [6, 6.07) is 9.59. The summed E-state index contributed by atoms with van der Waals surface area (Å²) < 4.78 is 0. The van der Waals surface area contributed by atoms with E-state index in [1.807, 2.05) is 42.5 Å². The van der Waals surface area contributed by atoms with Crippen LogP contribution in [0.2, 0.25) is 0 Å². The minimum atomic E-state index is -0.956. The monoisotopic (exact) mass is 328 g/mol. The molecule has 2 aliphatic rings. The lowest BCUT2D eigenvalue weighted by Crippen LogP contribution is -2.48. The molecular weight excluding hydrogens is 308 g/mol. The number of rotatable bonds is 5. The molecule has 3 rings (SSSR count). The van der Waals surface area contributed by atoms with Gasteiger partial charge in [-0.3, -0.25) is 25.2 Å². The lowest BCUT2D eigenvalue weighted by atomic mass is 9.82. The smallest absolute Gasteiger partial charge is 0.307 e. The Morgan fingerprint density at radius 3 is 2.33 bits per heavy atom. The topological polar surface area (TPSA) is 95.5 Å². The minimum Gasteiger partial charge on any atom is -0.481 e. The molecule has 1 aromatic carbocycles. The van der Waals surface area contributed by atoms with Crippen molar-refractivity contribution in [3.8, 4) is 0 Å². The summed E-state index contributed by atoms with van der Waals surface area (Å²) in [5.74, 6) is -3.14. The van der Waals surface area contributed by atoms with Gasteiger partial charge in [-0.1, -0.05) is 42.5 Å². The number of carboxylic acids is 1. The van der Waals surface area contributed by atoms with Gasteiger partial charge in [-0.05, 0) is 30.2 Å². The van der Waals surface area contributed by atoms with E-state index < -0.39 is 23.7 Å². The largest absolute Gasteiger partial charge is 0.481 e. The zero-order valence-corrected chi connectivity index (χ0v) is 13.1. The summed E-state index contributed by atoms with van der Waals surface area (Å²) in [5.41, 5.74) is 5.83. The normalized spacial score (nSPS) is 27.0. The van der Waals surface area contributed by atoms with E-state index in [1.165, 1.54) is 0 Å². The van der Waals surface area contributed by atoms with E-state index in [0.717, 1.165) is 5.56 Å². The van der Waals surface area contributed by atoms with Gasteiger partial charge in [-0.25, -0.2) is 0 Å². The number of hydrogen-bond donors (Lipinski definition) is 3. The van der Waals surface area contributed by atoms with Gasteiger partial charge in [0.25, 0.3) is 0 Å². The molecule has 2 bridgehead atoms. The van der Waals surface area contributed by atoms with Crippen molar-refractivity contribution in [3.05, 3.63) is 48.0 Å². The highest BCUT2D eigenvalue weighted by molar-refractivity contribution is 5.88. The molecule has 0 unspecified atom stereocenters. The van der Waals surface area contributed by atoms with Crippen molar-refractivity contribution in [3.63, 3.8) is 0 Å². The third kappa shape index (κ3) is 3.32. The van der Waals surface area contributed by atoms with Crippen LogP contribution in [0.1, 0.15) is 18.4 Å². The molecule has 6 nitrogen and oxygen atoms in total. The van der Waals surface area contributed by atoms with Crippen molar-refractivity contribution >= 4 is 17.8 Å². The molecule has 0 aliphatic heterocycles. The predicted octanol–water partition coefficient (Wildman–Crippen LogP) is 1.29. The fourth-order valence-electron chi connectivity index (χ4n) is 3.70. The van der Waals surface area contributed by atoms with Gasteiger partial charge in [0.1, 0.15) is 0 Å². The van der Waals surface area contributed by atoms with Crippen LogP contribution >= 0.6 is 0 Å². The van der Waals surface area contributed by atoms with E-state index in [9.17, 15) is 19.5 Å². The number of carbonyl (C=O) groups excluding carboxylic acids is 2. The van der Waals surface area contributed by atoms with Crippen LogP contribution in [0.3, 0.4) is 0 Å². The summed E-state index contributed by atoms with van der Waals surface area (Å²) in [7, 11) is 0. The molecule has 0 heterocycles. The van der Waals surface area contributed by atoms with Gasteiger partial charge < -0.3 is 5.11 Å². The first-order valence-electron chi connectivity index (χ1n) is 8.10. The summed E-state index contributed by atoms with van der Waals surface area (Å²) in [4.78, 5) is 35.6. The lowest BCUT2D eigenvalue weighted by Gasteiger charge is -2.23. The molecule has 0 saturated heterocycles. The van der Waals surface area contributed by atoms with Crippen LogP contribution in [-0.2, 0) is 20.8 Å². The molecule has 1 aromatic rings. The highest BCUT2D eigenvalue weighted by Crippen LogP contribution is 2.48. The van der Waals surface area contributed by atoms with Crippen molar-refractivity contribution in [2.75, 3.05) is 0 Å².